The van der Waals surface area contributed by atoms with Gasteiger partial charge < -0.3 is 19.8 Å². The van der Waals surface area contributed by atoms with E-state index in [0.717, 1.165) is 6.29 Å². The van der Waals surface area contributed by atoms with Crippen LogP contribution in [0.2, 0.25) is 0 Å². The van der Waals surface area contributed by atoms with Crippen molar-refractivity contribution in [2.45, 2.75) is 0 Å². The van der Waals surface area contributed by atoms with Crippen molar-refractivity contribution >= 4 is 12.1 Å². The van der Waals surface area contributed by atoms with Gasteiger partial charge >= 0.3 is 18.9 Å². The standard InChI is InChI=1S/C4H3O4.Li/c5-1-3(7)4(8)2-6;/h1,5,7H;/q-1;+1/b3-1+;. The summed E-state index contributed by atoms with van der Waals surface area (Å²) in [5, 5.41) is 16.0. The molecule has 0 atom stereocenters. The van der Waals surface area contributed by atoms with Gasteiger partial charge in [-0.05, 0) is 0 Å². The fraction of sp³-hybridized carbons (Fsp3) is 0. The Bertz CT molecular complexity index is 140. The molecular formula is C4H3LiO4. The zero-order valence-corrected chi connectivity index (χ0v) is 4.79. The Morgan fingerprint density at radius 2 is 2.00 bits per heavy atom. The van der Waals surface area contributed by atoms with Crippen molar-refractivity contribution in [3.05, 3.63) is 12.0 Å². The summed E-state index contributed by atoms with van der Waals surface area (Å²) in [6.45, 7) is 0. The summed E-state index contributed by atoms with van der Waals surface area (Å²) in [5.74, 6) is -2.26. The molecule has 0 unspecified atom stereocenters. The van der Waals surface area contributed by atoms with E-state index in [9.17, 15) is 9.59 Å². The molecule has 0 aromatic carbocycles. The van der Waals surface area contributed by atoms with Gasteiger partial charge in [-0.15, -0.1) is 0 Å². The molecule has 0 radical (unpaired) electrons. The van der Waals surface area contributed by atoms with Crippen LogP contribution in [0.25, 0.3) is 0 Å². The van der Waals surface area contributed by atoms with E-state index >= 15 is 0 Å². The topological polar surface area (TPSA) is 74.6 Å². The maximum atomic E-state index is 9.84. The quantitative estimate of drug-likeness (QED) is 0.132. The van der Waals surface area contributed by atoms with E-state index in [4.69, 9.17) is 10.2 Å². The minimum absolute atomic E-state index is 0. The van der Waals surface area contributed by atoms with Gasteiger partial charge in [0, 0.05) is 18.3 Å². The largest absolute Gasteiger partial charge is 1.00 e. The molecule has 0 aromatic heterocycles. The van der Waals surface area contributed by atoms with E-state index in [1.54, 1.807) is 0 Å². The van der Waals surface area contributed by atoms with Crippen molar-refractivity contribution in [3.63, 3.8) is 0 Å². The molecule has 0 bridgehead atoms. The second kappa shape index (κ2) is 5.41. The number of hydrogen-bond donors (Lipinski definition) is 2. The molecule has 0 spiro atoms. The molecule has 0 rings (SSSR count). The van der Waals surface area contributed by atoms with Crippen LogP contribution in [0.4, 0.5) is 0 Å². The first-order valence-corrected chi connectivity index (χ1v) is 1.68. The van der Waals surface area contributed by atoms with Crippen molar-refractivity contribution in [2.75, 3.05) is 0 Å². The van der Waals surface area contributed by atoms with Crippen molar-refractivity contribution in [1.82, 2.24) is 0 Å². The Hall–Kier alpha value is -0.723. The zero-order valence-electron chi connectivity index (χ0n) is 4.79. The van der Waals surface area contributed by atoms with Gasteiger partial charge in [0.25, 0.3) is 0 Å². The van der Waals surface area contributed by atoms with Gasteiger partial charge in [0.05, 0.1) is 5.78 Å². The molecule has 0 heterocycles. The van der Waals surface area contributed by atoms with Crippen LogP contribution in [0.15, 0.2) is 12.0 Å². The summed E-state index contributed by atoms with van der Waals surface area (Å²) in [6, 6.07) is 0. The summed E-state index contributed by atoms with van der Waals surface area (Å²) in [5.41, 5.74) is 0. The number of allylic oxidation sites excluding steroid dienone is 1. The number of Topliss-reactive ketones (excluding diaryl/α,β-unsaturated/α-hetero) is 1. The smallest absolute Gasteiger partial charge is 0.586 e. The van der Waals surface area contributed by atoms with Crippen molar-refractivity contribution < 1.29 is 38.7 Å². The molecule has 2 N–H and O–H groups in total. The van der Waals surface area contributed by atoms with Crippen LogP contribution in [-0.4, -0.2) is 22.3 Å². The van der Waals surface area contributed by atoms with Crippen LogP contribution in [0.1, 0.15) is 0 Å². The molecule has 0 amide bonds. The summed E-state index contributed by atoms with van der Waals surface area (Å²) < 4.78 is 0. The van der Waals surface area contributed by atoms with E-state index in [2.05, 4.69) is 0 Å². The average Bonchev–Trinajstić information content (AvgIpc) is 1.84. The summed E-state index contributed by atoms with van der Waals surface area (Å²) in [4.78, 5) is 19.2. The fourth-order valence-corrected chi connectivity index (χ4v) is 0.111. The number of carbonyl (C=O) groups is 1. The Kier molecular flexibility index (Phi) is 6.69. The summed E-state index contributed by atoms with van der Waals surface area (Å²) >= 11 is 0. The van der Waals surface area contributed by atoms with Crippen molar-refractivity contribution in [3.8, 4) is 0 Å². The summed E-state index contributed by atoms with van der Waals surface area (Å²) in [7, 11) is 0. The Labute approximate surface area is 63.4 Å². The summed E-state index contributed by atoms with van der Waals surface area (Å²) in [6.07, 6.45) is 0.981. The van der Waals surface area contributed by atoms with Crippen LogP contribution >= 0.6 is 0 Å². The van der Waals surface area contributed by atoms with Crippen LogP contribution < -0.4 is 18.9 Å². The van der Waals surface area contributed by atoms with Crippen LogP contribution in [0.5, 0.6) is 0 Å². The first-order valence-electron chi connectivity index (χ1n) is 1.68. The SMILES string of the molecule is O=[C-]C(=O)/C(O)=C\O.[Li+]. The van der Waals surface area contributed by atoms with E-state index in [0.29, 0.717) is 0 Å². The van der Waals surface area contributed by atoms with Gasteiger partial charge in [0.15, 0.2) is 0 Å². The number of aliphatic hydroxyl groups is 2. The van der Waals surface area contributed by atoms with Crippen LogP contribution in [-0.2, 0) is 9.59 Å². The second-order valence-electron chi connectivity index (χ2n) is 0.946. The molecule has 4 nitrogen and oxygen atoms in total. The molecule has 0 aliphatic carbocycles. The predicted molar refractivity (Wildman–Crippen MR) is 24.0 cm³/mol. The van der Waals surface area contributed by atoms with Gasteiger partial charge in [0.1, 0.15) is 0 Å². The Morgan fingerprint density at radius 3 is 2.11 bits per heavy atom. The maximum Gasteiger partial charge on any atom is 1.00 e. The van der Waals surface area contributed by atoms with E-state index in [1.165, 1.54) is 0 Å². The van der Waals surface area contributed by atoms with E-state index in [-0.39, 0.29) is 25.1 Å². The Balaban J connectivity index is 0. The number of aliphatic hydroxyl groups excluding tert-OH is 2. The molecule has 44 valence electrons. The molecule has 0 aliphatic rings. The first kappa shape index (κ1) is 11.1. The van der Waals surface area contributed by atoms with Gasteiger partial charge in [0.2, 0.25) is 0 Å². The molecule has 0 saturated heterocycles. The number of ketones is 1. The van der Waals surface area contributed by atoms with Gasteiger partial charge in [-0.25, -0.2) is 0 Å². The number of carbonyl (C=O) groups excluding carboxylic acids is 2. The first-order chi connectivity index (χ1) is 3.72. The van der Waals surface area contributed by atoms with Crippen molar-refractivity contribution in [2.24, 2.45) is 0 Å². The van der Waals surface area contributed by atoms with Gasteiger partial charge in [-0.2, -0.15) is 0 Å². The van der Waals surface area contributed by atoms with Crippen LogP contribution in [0, 0.1) is 0 Å². The third-order valence-electron chi connectivity index (χ3n) is 0.448. The molecule has 0 aromatic rings. The fourth-order valence-electron chi connectivity index (χ4n) is 0.111. The monoisotopic (exact) mass is 122 g/mol. The van der Waals surface area contributed by atoms with E-state index in [1.807, 2.05) is 0 Å². The van der Waals surface area contributed by atoms with Crippen LogP contribution in [0.3, 0.4) is 0 Å². The molecular weight excluding hydrogens is 119 g/mol. The molecule has 0 fully saturated rings. The minimum atomic E-state index is -1.26. The minimum Gasteiger partial charge on any atom is -0.586 e. The number of hydrogen-bond acceptors (Lipinski definition) is 4. The number of rotatable bonds is 2. The van der Waals surface area contributed by atoms with Crippen molar-refractivity contribution in [1.29, 1.82) is 0 Å². The third kappa shape index (κ3) is 3.83. The zero-order chi connectivity index (χ0) is 6.57. The molecule has 0 saturated carbocycles. The second-order valence-corrected chi connectivity index (χ2v) is 0.946. The van der Waals surface area contributed by atoms with Gasteiger partial charge in [-0.1, -0.05) is 0 Å². The predicted octanol–water partition coefficient (Wildman–Crippen LogP) is -3.37. The Morgan fingerprint density at radius 1 is 1.56 bits per heavy atom. The third-order valence-corrected chi connectivity index (χ3v) is 0.448. The van der Waals surface area contributed by atoms with Gasteiger partial charge in [-0.3, -0.25) is 0 Å². The normalized spacial score (nSPS) is 9.56. The molecule has 9 heavy (non-hydrogen) atoms. The molecule has 0 aliphatic heterocycles. The maximum absolute atomic E-state index is 9.84. The average molecular weight is 122 g/mol. The molecule has 5 heteroatoms. The van der Waals surface area contributed by atoms with E-state index < -0.39 is 11.5 Å².